The molecule has 3 unspecified atom stereocenters. The maximum atomic E-state index is 14.0. The van der Waals surface area contributed by atoms with Crippen LogP contribution in [0.2, 0.25) is 5.02 Å². The Kier molecular flexibility index (Phi) is 4.24. The lowest BCUT2D eigenvalue weighted by Gasteiger charge is -2.41. The van der Waals surface area contributed by atoms with Crippen LogP contribution in [0.5, 0.6) is 5.75 Å². The number of allylic oxidation sites excluding steroid dienone is 1. The number of methoxy groups -OCH3 is 1. The van der Waals surface area contributed by atoms with Crippen LogP contribution in [0.3, 0.4) is 0 Å². The van der Waals surface area contributed by atoms with Gasteiger partial charge >= 0.3 is 0 Å². The number of halogens is 2. The molecule has 6 rings (SSSR count). The van der Waals surface area contributed by atoms with Crippen molar-refractivity contribution in [2.75, 3.05) is 12.0 Å². The summed E-state index contributed by atoms with van der Waals surface area (Å²) in [5, 5.41) is 3.52. The molecule has 0 bridgehead atoms. The molecule has 3 aliphatic heterocycles. The molecule has 0 saturated heterocycles. The normalized spacial score (nSPS) is 32.3. The van der Waals surface area contributed by atoms with Crippen LogP contribution >= 0.6 is 23.2 Å². The Morgan fingerprint density at radius 2 is 2.03 bits per heavy atom. The summed E-state index contributed by atoms with van der Waals surface area (Å²) in [5.41, 5.74) is 8.68. The molecular weight excluding hydrogens is 451 g/mol. The van der Waals surface area contributed by atoms with Crippen LogP contribution in [-0.2, 0) is 9.59 Å². The smallest absolute Gasteiger partial charge is 0.277 e. The number of hydrogen-bond acceptors (Lipinski definition) is 5. The summed E-state index contributed by atoms with van der Waals surface area (Å²) in [7, 11) is 1.55. The number of fused-ring (bicyclic) bond motifs is 2. The van der Waals surface area contributed by atoms with E-state index in [1.807, 2.05) is 0 Å². The molecule has 1 fully saturated rings. The number of nitrogens with one attached hydrogen (secondary N) is 3. The standard InChI is InChI=1S/C23H24Cl2N4O3/c1-22(7-8-22)19-17-18(27-28-19)20(30)29(15-10-12(25)4-6-16(15)32-2)23(17)13-5-3-11(24)9-14(13)26-21(23)31/h4,6,10-11,19,27-28H,3,5,7-9H2,1-2H3,(H,26,31). The molecule has 2 amide bonds. The summed E-state index contributed by atoms with van der Waals surface area (Å²) < 4.78 is 5.60. The third-order valence-electron chi connectivity index (χ3n) is 7.69. The van der Waals surface area contributed by atoms with E-state index in [0.717, 1.165) is 36.1 Å². The van der Waals surface area contributed by atoms with Crippen molar-refractivity contribution < 1.29 is 14.3 Å². The van der Waals surface area contributed by atoms with Crippen molar-refractivity contribution in [3.05, 3.63) is 45.8 Å². The second kappa shape index (κ2) is 6.65. The van der Waals surface area contributed by atoms with E-state index in [-0.39, 0.29) is 28.6 Å². The predicted octanol–water partition coefficient (Wildman–Crippen LogP) is 3.14. The lowest BCUT2D eigenvalue weighted by atomic mass is 9.73. The number of carbonyl (C=O) groups excluding carboxylic acids is 2. The van der Waals surface area contributed by atoms with Crippen LogP contribution in [0.4, 0.5) is 5.69 Å². The number of alkyl halides is 1. The van der Waals surface area contributed by atoms with Crippen LogP contribution in [-0.4, -0.2) is 35.9 Å². The monoisotopic (exact) mass is 474 g/mol. The van der Waals surface area contributed by atoms with E-state index in [1.165, 1.54) is 0 Å². The second-order valence-corrected chi connectivity index (χ2v) is 10.6. The number of amides is 2. The van der Waals surface area contributed by atoms with E-state index in [9.17, 15) is 9.59 Å². The topological polar surface area (TPSA) is 82.7 Å². The highest BCUT2D eigenvalue weighted by molar-refractivity contribution is 6.31. The number of hydrogen-bond donors (Lipinski definition) is 3. The number of ether oxygens (including phenoxy) is 1. The number of anilines is 1. The van der Waals surface area contributed by atoms with E-state index in [1.54, 1.807) is 30.2 Å². The highest BCUT2D eigenvalue weighted by Gasteiger charge is 2.69. The molecule has 32 heavy (non-hydrogen) atoms. The minimum Gasteiger partial charge on any atom is -0.495 e. The minimum absolute atomic E-state index is 0.0148. The van der Waals surface area contributed by atoms with Crippen molar-refractivity contribution in [1.29, 1.82) is 0 Å². The molecular formula is C23H24Cl2N4O3. The molecule has 1 spiro atoms. The van der Waals surface area contributed by atoms with E-state index in [0.29, 0.717) is 35.0 Å². The Balaban J connectivity index is 1.63. The minimum atomic E-state index is -1.26. The highest BCUT2D eigenvalue weighted by Crippen LogP contribution is 2.60. The molecule has 3 N–H and O–H groups in total. The van der Waals surface area contributed by atoms with Crippen LogP contribution in [0.1, 0.15) is 39.0 Å². The van der Waals surface area contributed by atoms with Gasteiger partial charge in [0.15, 0.2) is 5.54 Å². The first kappa shape index (κ1) is 20.4. The van der Waals surface area contributed by atoms with Crippen molar-refractivity contribution in [2.45, 2.75) is 56.0 Å². The third-order valence-corrected chi connectivity index (χ3v) is 8.29. The van der Waals surface area contributed by atoms with Crippen molar-refractivity contribution in [1.82, 2.24) is 16.2 Å². The molecule has 3 atom stereocenters. The summed E-state index contributed by atoms with van der Waals surface area (Å²) in [6.45, 7) is 2.20. The molecule has 5 aliphatic rings. The number of benzene rings is 1. The van der Waals surface area contributed by atoms with E-state index < -0.39 is 5.54 Å². The molecule has 1 aromatic carbocycles. The van der Waals surface area contributed by atoms with Crippen molar-refractivity contribution in [3.8, 4) is 5.75 Å². The molecule has 2 aliphatic carbocycles. The van der Waals surface area contributed by atoms with Gasteiger partial charge in [0.05, 0.1) is 18.8 Å². The van der Waals surface area contributed by atoms with Crippen LogP contribution in [0.25, 0.3) is 0 Å². The fourth-order valence-electron chi connectivity index (χ4n) is 5.82. The first-order chi connectivity index (χ1) is 15.3. The average Bonchev–Trinajstić information content (AvgIpc) is 3.14. The Labute approximate surface area is 196 Å². The van der Waals surface area contributed by atoms with E-state index in [4.69, 9.17) is 27.9 Å². The lowest BCUT2D eigenvalue weighted by molar-refractivity contribution is -0.124. The Morgan fingerprint density at radius 3 is 2.75 bits per heavy atom. The Hall–Kier alpha value is -2.22. The first-order valence-electron chi connectivity index (χ1n) is 10.9. The van der Waals surface area contributed by atoms with Gasteiger partial charge in [-0.2, -0.15) is 0 Å². The summed E-state index contributed by atoms with van der Waals surface area (Å²) in [4.78, 5) is 29.5. The van der Waals surface area contributed by atoms with Gasteiger partial charge < -0.3 is 15.5 Å². The SMILES string of the molecule is COc1ccc(Cl)cc1N1C(=O)C2=C(C(C3(C)CC3)NN2)C12C(=O)NC1=C2CCC(Cl)C1. The summed E-state index contributed by atoms with van der Waals surface area (Å²) >= 11 is 12.8. The molecule has 168 valence electrons. The fourth-order valence-corrected chi connectivity index (χ4v) is 6.25. The molecule has 9 heteroatoms. The Morgan fingerprint density at radius 1 is 1.25 bits per heavy atom. The predicted molar refractivity (Wildman–Crippen MR) is 121 cm³/mol. The van der Waals surface area contributed by atoms with Gasteiger partial charge in [-0.15, -0.1) is 11.6 Å². The van der Waals surface area contributed by atoms with Gasteiger partial charge in [-0.3, -0.25) is 14.5 Å². The summed E-state index contributed by atoms with van der Waals surface area (Å²) in [6.07, 6.45) is 4.02. The van der Waals surface area contributed by atoms with E-state index >= 15 is 0 Å². The van der Waals surface area contributed by atoms with E-state index in [2.05, 4.69) is 23.1 Å². The largest absolute Gasteiger partial charge is 0.495 e. The van der Waals surface area contributed by atoms with Gasteiger partial charge in [-0.25, -0.2) is 5.43 Å². The Bertz CT molecular complexity index is 1140. The molecule has 1 aromatic rings. The zero-order valence-corrected chi connectivity index (χ0v) is 19.4. The summed E-state index contributed by atoms with van der Waals surface area (Å²) in [6, 6.07) is 5.00. The zero-order chi connectivity index (χ0) is 22.4. The fraction of sp³-hybridized carbons (Fsp3) is 0.478. The molecule has 1 saturated carbocycles. The molecule has 7 nitrogen and oxygen atoms in total. The van der Waals surface area contributed by atoms with Crippen molar-refractivity contribution in [3.63, 3.8) is 0 Å². The number of hydrazine groups is 1. The van der Waals surface area contributed by atoms with Crippen molar-refractivity contribution in [2.24, 2.45) is 5.41 Å². The number of nitrogens with zero attached hydrogens (tertiary/aromatic N) is 1. The molecule has 3 heterocycles. The summed E-state index contributed by atoms with van der Waals surface area (Å²) in [5.74, 6) is 0.00318. The van der Waals surface area contributed by atoms with Gasteiger partial charge in [-0.05, 0) is 54.9 Å². The van der Waals surface area contributed by atoms with Crippen LogP contribution in [0.15, 0.2) is 40.7 Å². The van der Waals surface area contributed by atoms with Gasteiger partial charge in [-0.1, -0.05) is 18.5 Å². The molecule has 0 aromatic heterocycles. The second-order valence-electron chi connectivity index (χ2n) is 9.56. The maximum absolute atomic E-state index is 14.0. The van der Waals surface area contributed by atoms with Crippen LogP contribution in [0, 0.1) is 5.41 Å². The molecule has 0 radical (unpaired) electrons. The van der Waals surface area contributed by atoms with Gasteiger partial charge in [0.1, 0.15) is 11.4 Å². The highest BCUT2D eigenvalue weighted by atomic mass is 35.5. The quantitative estimate of drug-likeness (QED) is 0.586. The van der Waals surface area contributed by atoms with Crippen LogP contribution < -0.4 is 25.8 Å². The number of rotatable bonds is 3. The van der Waals surface area contributed by atoms with Gasteiger partial charge in [0.25, 0.3) is 11.8 Å². The first-order valence-corrected chi connectivity index (χ1v) is 11.7. The number of carbonyl (C=O) groups is 2. The van der Waals surface area contributed by atoms with Gasteiger partial charge in [0, 0.05) is 28.1 Å². The van der Waals surface area contributed by atoms with Crippen molar-refractivity contribution >= 4 is 40.7 Å². The maximum Gasteiger partial charge on any atom is 0.277 e. The average molecular weight is 475 g/mol. The lowest BCUT2D eigenvalue weighted by Crippen LogP contribution is -2.60. The van der Waals surface area contributed by atoms with Gasteiger partial charge in [0.2, 0.25) is 0 Å². The third kappa shape index (κ3) is 2.47. The zero-order valence-electron chi connectivity index (χ0n) is 17.9.